The van der Waals surface area contributed by atoms with Gasteiger partial charge in [-0.25, -0.2) is 4.98 Å². The summed E-state index contributed by atoms with van der Waals surface area (Å²) in [6.45, 7) is 5.63. The molecule has 0 saturated heterocycles. The first-order chi connectivity index (χ1) is 10.2. The van der Waals surface area contributed by atoms with Gasteiger partial charge >= 0.3 is 0 Å². The molecule has 0 aliphatic heterocycles. The van der Waals surface area contributed by atoms with Crippen LogP contribution in [0.3, 0.4) is 0 Å². The van der Waals surface area contributed by atoms with Gasteiger partial charge in [-0.2, -0.15) is 0 Å². The second-order valence-electron chi connectivity index (χ2n) is 4.96. The van der Waals surface area contributed by atoms with E-state index in [1.807, 2.05) is 13.1 Å². The summed E-state index contributed by atoms with van der Waals surface area (Å²) in [6, 6.07) is 8.46. The zero-order valence-corrected chi connectivity index (χ0v) is 13.3. The number of hydrogen-bond donors (Lipinski definition) is 1. The van der Waals surface area contributed by atoms with Crippen molar-refractivity contribution in [1.29, 1.82) is 0 Å². The number of carbonyl (C=O) groups excluding carboxylic acids is 1. The summed E-state index contributed by atoms with van der Waals surface area (Å²) in [6.07, 6.45) is 4.69. The minimum absolute atomic E-state index is 0.0618. The Morgan fingerprint density at radius 3 is 2.81 bits per heavy atom. The van der Waals surface area contributed by atoms with Crippen molar-refractivity contribution in [2.24, 2.45) is 0 Å². The lowest BCUT2D eigenvalue weighted by Crippen LogP contribution is -2.25. The van der Waals surface area contributed by atoms with Gasteiger partial charge in [0.15, 0.2) is 5.16 Å². The molecule has 0 spiro atoms. The molecular weight excluding hydrogens is 282 g/mol. The van der Waals surface area contributed by atoms with Crippen LogP contribution in [0.2, 0.25) is 0 Å². The number of aromatic nitrogens is 2. The van der Waals surface area contributed by atoms with E-state index < -0.39 is 0 Å². The van der Waals surface area contributed by atoms with Crippen molar-refractivity contribution in [2.45, 2.75) is 32.0 Å². The molecule has 21 heavy (non-hydrogen) atoms. The van der Waals surface area contributed by atoms with Gasteiger partial charge in [0, 0.05) is 25.5 Å². The lowest BCUT2D eigenvalue weighted by molar-refractivity contribution is -0.118. The Bertz CT molecular complexity index is 577. The third-order valence-electron chi connectivity index (χ3n) is 3.06. The van der Waals surface area contributed by atoms with Gasteiger partial charge in [-0.15, -0.1) is 0 Å². The standard InChI is InChI=1S/C16H21N3OS/c1-3-8-17-15(20)12-21-16-18-9-10-19(16)11-14-6-4-13(2)5-7-14/h4-7,9-10H,3,8,11-12H2,1-2H3,(H,17,20). The molecule has 1 aromatic heterocycles. The number of amides is 1. The van der Waals surface area contributed by atoms with Crippen LogP contribution in [0, 0.1) is 6.92 Å². The maximum atomic E-state index is 11.6. The average Bonchev–Trinajstić information content (AvgIpc) is 2.92. The zero-order chi connectivity index (χ0) is 15.1. The van der Waals surface area contributed by atoms with Crippen molar-refractivity contribution in [3.63, 3.8) is 0 Å². The molecule has 1 heterocycles. The highest BCUT2D eigenvalue weighted by atomic mass is 32.2. The van der Waals surface area contributed by atoms with Gasteiger partial charge in [-0.05, 0) is 18.9 Å². The summed E-state index contributed by atoms with van der Waals surface area (Å²) in [5, 5.41) is 3.75. The molecule has 0 fully saturated rings. The number of thioether (sulfide) groups is 1. The maximum Gasteiger partial charge on any atom is 0.230 e. The van der Waals surface area contributed by atoms with E-state index in [1.54, 1.807) is 6.20 Å². The summed E-state index contributed by atoms with van der Waals surface area (Å²) in [7, 11) is 0. The van der Waals surface area contributed by atoms with Gasteiger partial charge in [-0.3, -0.25) is 4.79 Å². The predicted octanol–water partition coefficient (Wildman–Crippen LogP) is 2.86. The molecule has 4 nitrogen and oxygen atoms in total. The summed E-state index contributed by atoms with van der Waals surface area (Å²) >= 11 is 1.47. The monoisotopic (exact) mass is 303 g/mol. The molecule has 1 amide bonds. The SMILES string of the molecule is CCCNC(=O)CSc1nccn1Cc1ccc(C)cc1. The zero-order valence-electron chi connectivity index (χ0n) is 12.5. The maximum absolute atomic E-state index is 11.6. The lowest BCUT2D eigenvalue weighted by Gasteiger charge is -2.08. The van der Waals surface area contributed by atoms with E-state index in [-0.39, 0.29) is 5.91 Å². The molecule has 2 rings (SSSR count). The normalized spacial score (nSPS) is 10.6. The van der Waals surface area contributed by atoms with E-state index in [2.05, 4.69) is 46.1 Å². The Kier molecular flexibility index (Phi) is 5.87. The van der Waals surface area contributed by atoms with Gasteiger partial charge in [-0.1, -0.05) is 48.5 Å². The van der Waals surface area contributed by atoms with E-state index in [4.69, 9.17) is 0 Å². The molecule has 0 bridgehead atoms. The fourth-order valence-corrected chi connectivity index (χ4v) is 2.68. The smallest absolute Gasteiger partial charge is 0.230 e. The lowest BCUT2D eigenvalue weighted by atomic mass is 10.1. The first-order valence-corrected chi connectivity index (χ1v) is 8.13. The largest absolute Gasteiger partial charge is 0.355 e. The molecular formula is C16H21N3OS. The van der Waals surface area contributed by atoms with E-state index in [1.165, 1.54) is 22.9 Å². The minimum Gasteiger partial charge on any atom is -0.355 e. The first kappa shape index (κ1) is 15.6. The van der Waals surface area contributed by atoms with Gasteiger partial charge < -0.3 is 9.88 Å². The molecule has 112 valence electrons. The molecule has 2 aromatic rings. The number of hydrogen-bond acceptors (Lipinski definition) is 3. The Morgan fingerprint density at radius 1 is 1.33 bits per heavy atom. The summed E-state index contributed by atoms with van der Waals surface area (Å²) in [4.78, 5) is 16.0. The summed E-state index contributed by atoms with van der Waals surface area (Å²) < 4.78 is 2.07. The Labute approximate surface area is 130 Å². The number of nitrogens with zero attached hydrogens (tertiary/aromatic N) is 2. The fourth-order valence-electron chi connectivity index (χ4n) is 1.89. The van der Waals surface area contributed by atoms with Crippen LogP contribution in [0.5, 0.6) is 0 Å². The van der Waals surface area contributed by atoms with Crippen LogP contribution in [-0.2, 0) is 11.3 Å². The topological polar surface area (TPSA) is 46.9 Å². The van der Waals surface area contributed by atoms with Crippen molar-refractivity contribution in [2.75, 3.05) is 12.3 Å². The molecule has 5 heteroatoms. The second-order valence-corrected chi connectivity index (χ2v) is 5.90. The van der Waals surface area contributed by atoms with Crippen LogP contribution in [0.15, 0.2) is 41.8 Å². The van der Waals surface area contributed by atoms with E-state index >= 15 is 0 Å². The first-order valence-electron chi connectivity index (χ1n) is 7.15. The molecule has 0 aliphatic carbocycles. The number of nitrogens with one attached hydrogen (secondary N) is 1. The third kappa shape index (κ3) is 4.93. The molecule has 0 atom stereocenters. The molecule has 1 aromatic carbocycles. The predicted molar refractivity (Wildman–Crippen MR) is 86.5 cm³/mol. The highest BCUT2D eigenvalue weighted by Crippen LogP contribution is 2.17. The second kappa shape index (κ2) is 7.88. The molecule has 1 N–H and O–H groups in total. The van der Waals surface area contributed by atoms with E-state index in [0.717, 1.165) is 24.7 Å². The third-order valence-corrected chi connectivity index (χ3v) is 4.06. The quantitative estimate of drug-likeness (QED) is 0.800. The van der Waals surface area contributed by atoms with Crippen LogP contribution >= 0.6 is 11.8 Å². The Hall–Kier alpha value is -1.75. The van der Waals surface area contributed by atoms with Crippen LogP contribution in [0.4, 0.5) is 0 Å². The van der Waals surface area contributed by atoms with Crippen molar-refractivity contribution in [3.05, 3.63) is 47.8 Å². The summed E-state index contributed by atoms with van der Waals surface area (Å²) in [5.74, 6) is 0.469. The van der Waals surface area contributed by atoms with Gasteiger partial charge in [0.2, 0.25) is 5.91 Å². The van der Waals surface area contributed by atoms with Crippen LogP contribution < -0.4 is 5.32 Å². The number of carbonyl (C=O) groups is 1. The van der Waals surface area contributed by atoms with Gasteiger partial charge in [0.05, 0.1) is 5.75 Å². The average molecular weight is 303 g/mol. The van der Waals surface area contributed by atoms with Gasteiger partial charge in [0.1, 0.15) is 0 Å². The van der Waals surface area contributed by atoms with Crippen molar-refractivity contribution < 1.29 is 4.79 Å². The fraction of sp³-hybridized carbons (Fsp3) is 0.375. The number of imidazole rings is 1. The Morgan fingerprint density at radius 2 is 2.10 bits per heavy atom. The number of rotatable bonds is 7. The highest BCUT2D eigenvalue weighted by Gasteiger charge is 2.07. The molecule has 0 radical (unpaired) electrons. The highest BCUT2D eigenvalue weighted by molar-refractivity contribution is 7.99. The van der Waals surface area contributed by atoms with Crippen molar-refractivity contribution in [3.8, 4) is 0 Å². The molecule has 0 unspecified atom stereocenters. The van der Waals surface area contributed by atoms with Gasteiger partial charge in [0.25, 0.3) is 0 Å². The Balaban J connectivity index is 1.92. The van der Waals surface area contributed by atoms with Crippen LogP contribution in [0.1, 0.15) is 24.5 Å². The number of aryl methyl sites for hydroxylation is 1. The van der Waals surface area contributed by atoms with E-state index in [9.17, 15) is 4.79 Å². The molecule has 0 aliphatic rings. The minimum atomic E-state index is 0.0618. The summed E-state index contributed by atoms with van der Waals surface area (Å²) in [5.41, 5.74) is 2.49. The molecule has 0 saturated carbocycles. The van der Waals surface area contributed by atoms with Crippen LogP contribution in [-0.4, -0.2) is 27.8 Å². The van der Waals surface area contributed by atoms with Crippen molar-refractivity contribution >= 4 is 17.7 Å². The van der Waals surface area contributed by atoms with Crippen molar-refractivity contribution in [1.82, 2.24) is 14.9 Å². The van der Waals surface area contributed by atoms with Crippen LogP contribution in [0.25, 0.3) is 0 Å². The van der Waals surface area contributed by atoms with E-state index in [0.29, 0.717) is 5.75 Å². The number of benzene rings is 1.